The number of likely N-dealkylation sites (tertiary alicyclic amines) is 1. The number of nitriles is 1. The third-order valence-corrected chi connectivity index (χ3v) is 7.31. The van der Waals surface area contributed by atoms with Crippen molar-refractivity contribution in [2.75, 3.05) is 31.6 Å². The number of amides is 2. The molecule has 4 heterocycles. The molecule has 0 aliphatic carbocycles. The van der Waals surface area contributed by atoms with Gasteiger partial charge in [-0.2, -0.15) is 10.4 Å². The quantitative estimate of drug-likeness (QED) is 0.475. The predicted molar refractivity (Wildman–Crippen MR) is 126 cm³/mol. The van der Waals surface area contributed by atoms with Crippen molar-refractivity contribution in [3.05, 3.63) is 53.7 Å². The number of aromatic nitrogens is 3. The number of thiazole rings is 1. The van der Waals surface area contributed by atoms with Crippen molar-refractivity contribution in [3.8, 4) is 27.8 Å². The van der Waals surface area contributed by atoms with E-state index in [1.54, 1.807) is 11.0 Å². The minimum absolute atomic E-state index is 0.148. The Morgan fingerprint density at radius 1 is 1.27 bits per heavy atom. The molecule has 0 bridgehead atoms. The molecule has 2 fully saturated rings. The fourth-order valence-electron chi connectivity index (χ4n) is 4.51. The minimum Gasteiger partial charge on any atom is -0.380 e. The number of aryl methyl sites for hydroxylation is 1. The van der Waals surface area contributed by atoms with Crippen LogP contribution in [0.1, 0.15) is 11.1 Å². The number of carbonyl (C=O) groups is 1. The van der Waals surface area contributed by atoms with Crippen LogP contribution in [0.5, 0.6) is 0 Å². The lowest BCUT2D eigenvalue weighted by atomic mass is 9.78. The highest BCUT2D eigenvalue weighted by Gasteiger charge is 2.50. The first kappa shape index (κ1) is 19.9. The number of aromatic amines is 1. The van der Waals surface area contributed by atoms with Crippen LogP contribution in [-0.4, -0.2) is 52.4 Å². The fourth-order valence-corrected chi connectivity index (χ4v) is 5.48. The summed E-state index contributed by atoms with van der Waals surface area (Å²) in [5, 5.41) is 21.1. The van der Waals surface area contributed by atoms with E-state index in [0.717, 1.165) is 51.4 Å². The first-order valence-electron chi connectivity index (χ1n) is 10.6. The number of hydrogen-bond donors (Lipinski definition) is 2. The van der Waals surface area contributed by atoms with Gasteiger partial charge in [-0.25, -0.2) is 9.78 Å². The summed E-state index contributed by atoms with van der Waals surface area (Å²) >= 11 is 1.43. The lowest BCUT2D eigenvalue weighted by molar-refractivity contribution is -0.174. The van der Waals surface area contributed by atoms with Crippen LogP contribution in [0.3, 0.4) is 0 Å². The largest absolute Gasteiger partial charge is 0.380 e. The van der Waals surface area contributed by atoms with Crippen molar-refractivity contribution in [2.45, 2.75) is 6.92 Å². The molecule has 2 N–H and O–H groups in total. The van der Waals surface area contributed by atoms with Gasteiger partial charge >= 0.3 is 6.03 Å². The molecule has 164 valence electrons. The molecule has 9 heteroatoms. The lowest BCUT2D eigenvalue weighted by Gasteiger charge is -2.54. The summed E-state index contributed by atoms with van der Waals surface area (Å²) in [6.45, 7) is 4.93. The first-order valence-corrected chi connectivity index (χ1v) is 11.4. The van der Waals surface area contributed by atoms with Crippen molar-refractivity contribution in [2.24, 2.45) is 5.41 Å². The molecular formula is C24H20N6O2S. The van der Waals surface area contributed by atoms with Gasteiger partial charge in [0.1, 0.15) is 0 Å². The van der Waals surface area contributed by atoms with Crippen LogP contribution in [0.15, 0.2) is 42.6 Å². The second kappa shape index (κ2) is 7.40. The monoisotopic (exact) mass is 456 g/mol. The second-order valence-electron chi connectivity index (χ2n) is 8.79. The van der Waals surface area contributed by atoms with Crippen LogP contribution in [0.4, 0.5) is 9.93 Å². The molecule has 0 saturated carbocycles. The summed E-state index contributed by atoms with van der Waals surface area (Å²) in [6, 6.07) is 13.6. The van der Waals surface area contributed by atoms with Crippen molar-refractivity contribution in [1.29, 1.82) is 5.26 Å². The summed E-state index contributed by atoms with van der Waals surface area (Å²) in [5.41, 5.74) is 5.30. The lowest BCUT2D eigenvalue weighted by Crippen LogP contribution is -2.67. The van der Waals surface area contributed by atoms with E-state index in [1.165, 1.54) is 11.3 Å². The van der Waals surface area contributed by atoms with Crippen LogP contribution in [0.2, 0.25) is 0 Å². The van der Waals surface area contributed by atoms with Gasteiger partial charge in [-0.05, 0) is 42.3 Å². The molecule has 8 nitrogen and oxygen atoms in total. The third-order valence-electron chi connectivity index (χ3n) is 6.29. The molecule has 2 aliphatic heterocycles. The van der Waals surface area contributed by atoms with E-state index in [4.69, 9.17) is 9.72 Å². The van der Waals surface area contributed by atoms with Crippen LogP contribution in [0.25, 0.3) is 32.6 Å². The molecule has 0 unspecified atom stereocenters. The highest BCUT2D eigenvalue weighted by molar-refractivity contribution is 7.19. The normalized spacial score (nSPS) is 16.3. The van der Waals surface area contributed by atoms with Gasteiger partial charge < -0.3 is 9.64 Å². The Morgan fingerprint density at radius 2 is 2.12 bits per heavy atom. The van der Waals surface area contributed by atoms with E-state index in [0.29, 0.717) is 23.8 Å². The molecule has 33 heavy (non-hydrogen) atoms. The molecule has 2 aliphatic rings. The highest BCUT2D eigenvalue weighted by atomic mass is 32.1. The predicted octanol–water partition coefficient (Wildman–Crippen LogP) is 4.40. The van der Waals surface area contributed by atoms with E-state index in [-0.39, 0.29) is 11.4 Å². The Morgan fingerprint density at radius 3 is 2.88 bits per heavy atom. The van der Waals surface area contributed by atoms with E-state index < -0.39 is 0 Å². The van der Waals surface area contributed by atoms with Crippen molar-refractivity contribution in [1.82, 2.24) is 20.1 Å². The summed E-state index contributed by atoms with van der Waals surface area (Å²) in [4.78, 5) is 20.3. The molecular weight excluding hydrogens is 436 g/mol. The summed E-state index contributed by atoms with van der Waals surface area (Å²) in [5.74, 6) is 0. The number of fused-ring (bicyclic) bond motifs is 1. The Labute approximate surface area is 193 Å². The second-order valence-corrected chi connectivity index (χ2v) is 9.79. The van der Waals surface area contributed by atoms with Crippen LogP contribution in [-0.2, 0) is 4.74 Å². The zero-order valence-electron chi connectivity index (χ0n) is 17.9. The Hall–Kier alpha value is -3.74. The average molecular weight is 457 g/mol. The third kappa shape index (κ3) is 3.35. The number of rotatable bonds is 3. The van der Waals surface area contributed by atoms with Crippen LogP contribution < -0.4 is 5.32 Å². The van der Waals surface area contributed by atoms with Gasteiger partial charge in [0.05, 0.1) is 52.5 Å². The molecule has 2 saturated heterocycles. The Bertz CT molecular complexity index is 1440. The SMILES string of the molecule is Cc1cc(-c2sc(NC(=O)N3CC4(COC4)C3)nc2-c2cccc(C#N)c2)cc2[nH]ncc12. The number of nitrogens with one attached hydrogen (secondary N) is 2. The summed E-state index contributed by atoms with van der Waals surface area (Å²) in [7, 11) is 0. The molecule has 6 rings (SSSR count). The summed E-state index contributed by atoms with van der Waals surface area (Å²) in [6.07, 6.45) is 1.82. The zero-order valence-corrected chi connectivity index (χ0v) is 18.7. The maximum atomic E-state index is 12.8. The van der Waals surface area contributed by atoms with Crippen LogP contribution >= 0.6 is 11.3 Å². The van der Waals surface area contributed by atoms with Crippen molar-refractivity contribution < 1.29 is 9.53 Å². The van der Waals surface area contributed by atoms with E-state index in [1.807, 2.05) is 37.4 Å². The van der Waals surface area contributed by atoms with Gasteiger partial charge in [0.15, 0.2) is 5.13 Å². The standard InChI is InChI=1S/C24H20N6O2S/c1-14-5-17(7-19-18(14)9-26-29-19)21-20(16-4-2-3-15(6-16)8-25)27-22(33-21)28-23(31)30-10-24(11-30)12-32-13-24/h2-7,9H,10-13H2,1H3,(H,26,29)(H,27,28,31). The van der Waals surface area contributed by atoms with Gasteiger partial charge in [-0.15, -0.1) is 0 Å². The highest BCUT2D eigenvalue weighted by Crippen LogP contribution is 2.42. The maximum absolute atomic E-state index is 12.8. The van der Waals surface area contributed by atoms with E-state index in [2.05, 4.69) is 27.6 Å². The first-order chi connectivity index (χ1) is 16.0. The van der Waals surface area contributed by atoms with Gasteiger partial charge in [0.25, 0.3) is 0 Å². The number of benzene rings is 2. The van der Waals surface area contributed by atoms with Crippen LogP contribution in [0, 0.1) is 23.7 Å². The molecule has 0 atom stereocenters. The maximum Gasteiger partial charge on any atom is 0.323 e. The smallest absolute Gasteiger partial charge is 0.323 e. The van der Waals surface area contributed by atoms with Crippen molar-refractivity contribution in [3.63, 3.8) is 0 Å². The molecule has 2 amide bonds. The Balaban J connectivity index is 1.38. The van der Waals surface area contributed by atoms with Crippen molar-refractivity contribution >= 4 is 33.4 Å². The Kier molecular flexibility index (Phi) is 4.47. The summed E-state index contributed by atoms with van der Waals surface area (Å²) < 4.78 is 5.30. The van der Waals surface area contributed by atoms with Gasteiger partial charge in [0, 0.05) is 24.0 Å². The van der Waals surface area contributed by atoms with E-state index >= 15 is 0 Å². The molecule has 1 spiro atoms. The number of urea groups is 1. The zero-order chi connectivity index (χ0) is 22.6. The molecule has 4 aromatic rings. The number of hydrogen-bond acceptors (Lipinski definition) is 6. The van der Waals surface area contributed by atoms with Gasteiger partial charge in [-0.1, -0.05) is 23.5 Å². The number of nitrogens with zero attached hydrogens (tertiary/aromatic N) is 4. The molecule has 2 aromatic heterocycles. The number of carbonyl (C=O) groups excluding carboxylic acids is 1. The fraction of sp³-hybridized carbons (Fsp3) is 0.250. The number of H-pyrrole nitrogens is 1. The average Bonchev–Trinajstić information content (AvgIpc) is 3.39. The molecule has 0 radical (unpaired) electrons. The number of anilines is 1. The van der Waals surface area contributed by atoms with E-state index in [9.17, 15) is 10.1 Å². The minimum atomic E-state index is -0.148. The topological polar surface area (TPSA) is 107 Å². The van der Waals surface area contributed by atoms with Gasteiger partial charge in [0.2, 0.25) is 0 Å². The molecule has 2 aromatic carbocycles. The number of ether oxygens (including phenoxy) is 1. The van der Waals surface area contributed by atoms with Gasteiger partial charge in [-0.3, -0.25) is 10.4 Å².